The van der Waals surface area contributed by atoms with Gasteiger partial charge in [0.1, 0.15) is 0 Å². The molecule has 0 saturated heterocycles. The maximum absolute atomic E-state index is 13.0. The van der Waals surface area contributed by atoms with Crippen LogP contribution in [-0.4, -0.2) is 41.2 Å². The number of hydrogen-bond acceptors (Lipinski definition) is 3. The van der Waals surface area contributed by atoms with Crippen LogP contribution in [-0.2, 0) is 4.79 Å². The molecular weight excluding hydrogens is 482 g/mol. The van der Waals surface area contributed by atoms with Crippen molar-refractivity contribution in [3.05, 3.63) is 68.6 Å². The molecule has 28 heavy (non-hydrogen) atoms. The molecule has 148 valence electrons. The molecule has 0 aliphatic carbocycles. The molecule has 1 aliphatic heterocycles. The quantitative estimate of drug-likeness (QED) is 0.488. The topological polar surface area (TPSA) is 35.9 Å². The summed E-state index contributed by atoms with van der Waals surface area (Å²) in [4.78, 5) is 15.3. The Morgan fingerprint density at radius 3 is 2.18 bits per heavy atom. The summed E-state index contributed by atoms with van der Waals surface area (Å²) in [6.07, 6.45) is 1.20. The molecule has 0 aromatic heterocycles. The first kappa shape index (κ1) is 21.2. The van der Waals surface area contributed by atoms with Gasteiger partial charge in [0.15, 0.2) is 0 Å². The number of halogens is 2. The molecule has 0 bridgehead atoms. The van der Waals surface area contributed by atoms with Crippen LogP contribution in [0.25, 0.3) is 0 Å². The summed E-state index contributed by atoms with van der Waals surface area (Å²) in [5.41, 5.74) is 3.12. The third-order valence-electron chi connectivity index (χ3n) is 5.13. The summed E-state index contributed by atoms with van der Waals surface area (Å²) < 4.78 is 2.06. The van der Waals surface area contributed by atoms with Crippen LogP contribution in [0.1, 0.15) is 43.9 Å². The maximum atomic E-state index is 13.0. The molecule has 0 radical (unpaired) electrons. The highest BCUT2D eigenvalue weighted by Gasteiger charge is 2.32. The van der Waals surface area contributed by atoms with Gasteiger partial charge in [0.25, 0.3) is 0 Å². The molecule has 0 N–H and O–H groups in total. The zero-order valence-corrected chi connectivity index (χ0v) is 19.4. The Balaban J connectivity index is 1.84. The van der Waals surface area contributed by atoms with Crippen LogP contribution in [0.15, 0.2) is 62.6 Å². The van der Waals surface area contributed by atoms with E-state index >= 15 is 0 Å². The largest absolute Gasteiger partial charge is 0.303 e. The standard InChI is InChI=1S/C22H25Br2N3O/c1-3-26(4-2)14-13-22(28)27-21(17-7-11-19(24)12-8-17)15-20(25-27)16-5-9-18(23)10-6-16/h5-12,21H,3-4,13-15H2,1-2H3. The van der Waals surface area contributed by atoms with E-state index in [1.54, 1.807) is 5.01 Å². The van der Waals surface area contributed by atoms with Gasteiger partial charge in [0, 0.05) is 28.3 Å². The monoisotopic (exact) mass is 505 g/mol. The van der Waals surface area contributed by atoms with Gasteiger partial charge in [-0.1, -0.05) is 70.0 Å². The fourth-order valence-electron chi connectivity index (χ4n) is 3.41. The van der Waals surface area contributed by atoms with Gasteiger partial charge in [-0.2, -0.15) is 5.10 Å². The maximum Gasteiger partial charge on any atom is 0.244 e. The minimum Gasteiger partial charge on any atom is -0.303 e. The molecule has 4 nitrogen and oxygen atoms in total. The van der Waals surface area contributed by atoms with Gasteiger partial charge < -0.3 is 4.90 Å². The van der Waals surface area contributed by atoms with Gasteiger partial charge >= 0.3 is 0 Å². The molecule has 0 saturated carbocycles. The van der Waals surface area contributed by atoms with E-state index in [1.807, 2.05) is 36.4 Å². The molecular formula is C22H25Br2N3O. The van der Waals surface area contributed by atoms with Crippen molar-refractivity contribution in [2.24, 2.45) is 5.10 Å². The third kappa shape index (κ3) is 5.10. The summed E-state index contributed by atoms with van der Waals surface area (Å²) in [5.74, 6) is 0.0759. The normalized spacial score (nSPS) is 16.5. The van der Waals surface area contributed by atoms with Crippen molar-refractivity contribution < 1.29 is 4.79 Å². The van der Waals surface area contributed by atoms with Gasteiger partial charge in [-0.3, -0.25) is 4.79 Å². The fraction of sp³-hybridized carbons (Fsp3) is 0.364. The lowest BCUT2D eigenvalue weighted by atomic mass is 9.98. The van der Waals surface area contributed by atoms with Crippen LogP contribution in [0.4, 0.5) is 0 Å². The van der Waals surface area contributed by atoms with E-state index in [4.69, 9.17) is 5.10 Å². The first-order chi connectivity index (χ1) is 13.5. The summed E-state index contributed by atoms with van der Waals surface area (Å²) >= 11 is 6.97. The molecule has 3 rings (SSSR count). The van der Waals surface area contributed by atoms with Crippen molar-refractivity contribution in [1.29, 1.82) is 0 Å². The number of amides is 1. The fourth-order valence-corrected chi connectivity index (χ4v) is 3.94. The highest BCUT2D eigenvalue weighted by Crippen LogP contribution is 2.34. The lowest BCUT2D eigenvalue weighted by Gasteiger charge is -2.24. The summed E-state index contributed by atoms with van der Waals surface area (Å²) in [7, 11) is 0. The summed E-state index contributed by atoms with van der Waals surface area (Å²) in [6, 6.07) is 16.2. The van der Waals surface area contributed by atoms with Crippen LogP contribution >= 0.6 is 31.9 Å². The van der Waals surface area contributed by atoms with Crippen LogP contribution in [0.3, 0.4) is 0 Å². The number of carbonyl (C=O) groups is 1. The molecule has 1 amide bonds. The minimum atomic E-state index is -0.0593. The lowest BCUT2D eigenvalue weighted by Crippen LogP contribution is -2.32. The highest BCUT2D eigenvalue weighted by atomic mass is 79.9. The van der Waals surface area contributed by atoms with Crippen molar-refractivity contribution in [2.45, 2.75) is 32.7 Å². The van der Waals surface area contributed by atoms with E-state index in [0.717, 1.165) is 51.8 Å². The smallest absolute Gasteiger partial charge is 0.244 e. The van der Waals surface area contributed by atoms with Crippen molar-refractivity contribution in [3.63, 3.8) is 0 Å². The van der Waals surface area contributed by atoms with E-state index < -0.39 is 0 Å². The van der Waals surface area contributed by atoms with Crippen LogP contribution < -0.4 is 0 Å². The molecule has 1 heterocycles. The predicted molar refractivity (Wildman–Crippen MR) is 121 cm³/mol. The Morgan fingerprint density at radius 2 is 1.61 bits per heavy atom. The Morgan fingerprint density at radius 1 is 1.04 bits per heavy atom. The van der Waals surface area contributed by atoms with Gasteiger partial charge in [-0.25, -0.2) is 5.01 Å². The first-order valence-electron chi connectivity index (χ1n) is 9.65. The zero-order valence-electron chi connectivity index (χ0n) is 16.2. The highest BCUT2D eigenvalue weighted by molar-refractivity contribution is 9.10. The van der Waals surface area contributed by atoms with Gasteiger partial charge in [0.05, 0.1) is 11.8 Å². The second kappa shape index (κ2) is 9.81. The number of benzene rings is 2. The van der Waals surface area contributed by atoms with Crippen LogP contribution in [0.2, 0.25) is 0 Å². The van der Waals surface area contributed by atoms with E-state index in [0.29, 0.717) is 6.42 Å². The summed E-state index contributed by atoms with van der Waals surface area (Å²) in [5, 5.41) is 6.45. The number of nitrogens with zero attached hydrogens (tertiary/aromatic N) is 3. The third-order valence-corrected chi connectivity index (χ3v) is 6.19. The molecule has 1 atom stereocenters. The Labute approximate surface area is 183 Å². The second-order valence-electron chi connectivity index (χ2n) is 6.84. The average molecular weight is 507 g/mol. The Hall–Kier alpha value is -1.50. The molecule has 2 aromatic carbocycles. The minimum absolute atomic E-state index is 0.0593. The van der Waals surface area contributed by atoms with Gasteiger partial charge in [0.2, 0.25) is 5.91 Å². The van der Waals surface area contributed by atoms with Gasteiger partial charge in [-0.15, -0.1) is 0 Å². The van der Waals surface area contributed by atoms with Crippen molar-refractivity contribution in [2.75, 3.05) is 19.6 Å². The van der Waals surface area contributed by atoms with E-state index in [-0.39, 0.29) is 11.9 Å². The SMILES string of the molecule is CCN(CC)CCC(=O)N1N=C(c2ccc(Br)cc2)CC1c1ccc(Br)cc1. The average Bonchev–Trinajstić information content (AvgIpc) is 3.15. The van der Waals surface area contributed by atoms with Crippen molar-refractivity contribution >= 4 is 43.5 Å². The van der Waals surface area contributed by atoms with Crippen LogP contribution in [0, 0.1) is 0 Å². The molecule has 0 spiro atoms. The predicted octanol–water partition coefficient (Wildman–Crippen LogP) is 5.62. The molecule has 1 unspecified atom stereocenters. The number of carbonyl (C=O) groups excluding carboxylic acids is 1. The number of hydrogen-bond donors (Lipinski definition) is 0. The zero-order chi connectivity index (χ0) is 20.1. The molecule has 2 aromatic rings. The van der Waals surface area contributed by atoms with Crippen molar-refractivity contribution in [3.8, 4) is 0 Å². The lowest BCUT2D eigenvalue weighted by molar-refractivity contribution is -0.133. The van der Waals surface area contributed by atoms with E-state index in [1.165, 1.54) is 0 Å². The number of hydrazone groups is 1. The molecule has 1 aliphatic rings. The van der Waals surface area contributed by atoms with Crippen LogP contribution in [0.5, 0.6) is 0 Å². The van der Waals surface area contributed by atoms with E-state index in [2.05, 4.69) is 62.7 Å². The first-order valence-corrected chi connectivity index (χ1v) is 11.2. The second-order valence-corrected chi connectivity index (χ2v) is 8.67. The number of rotatable bonds is 7. The van der Waals surface area contributed by atoms with Crippen molar-refractivity contribution in [1.82, 2.24) is 9.91 Å². The van der Waals surface area contributed by atoms with E-state index in [9.17, 15) is 4.79 Å². The summed E-state index contributed by atoms with van der Waals surface area (Å²) in [6.45, 7) is 6.91. The van der Waals surface area contributed by atoms with Gasteiger partial charge in [-0.05, 0) is 48.5 Å². The Kier molecular flexibility index (Phi) is 7.43. The molecule has 0 fully saturated rings. The Bertz CT molecular complexity index is 830. The molecule has 6 heteroatoms.